The third-order valence-electron chi connectivity index (χ3n) is 4.17. The predicted molar refractivity (Wildman–Crippen MR) is 78.3 cm³/mol. The van der Waals surface area contributed by atoms with Crippen molar-refractivity contribution in [2.45, 2.75) is 50.9 Å². The Labute approximate surface area is 132 Å². The van der Waals surface area contributed by atoms with Crippen LogP contribution in [0.5, 0.6) is 0 Å². The van der Waals surface area contributed by atoms with Gasteiger partial charge in [0.2, 0.25) is 0 Å². The number of carbonyl (C=O) groups excluding carboxylic acids is 1. The van der Waals surface area contributed by atoms with Gasteiger partial charge in [0, 0.05) is 6.04 Å². The molecule has 1 aromatic carbocycles. The molecule has 1 aromatic rings. The van der Waals surface area contributed by atoms with Gasteiger partial charge >= 0.3 is 12.2 Å². The molecule has 2 amide bonds. The molecule has 3 nitrogen and oxygen atoms in total. The van der Waals surface area contributed by atoms with Gasteiger partial charge in [-0.05, 0) is 43.9 Å². The molecule has 1 fully saturated rings. The zero-order valence-electron chi connectivity index (χ0n) is 12.8. The van der Waals surface area contributed by atoms with Crippen molar-refractivity contribution in [3.8, 4) is 0 Å². The molecule has 1 saturated carbocycles. The maximum absolute atomic E-state index is 13.2. The van der Waals surface area contributed by atoms with E-state index < -0.39 is 36.0 Å². The second kappa shape index (κ2) is 7.19. The highest BCUT2D eigenvalue weighted by molar-refractivity contribution is 5.74. The molecule has 7 heteroatoms. The minimum atomic E-state index is -4.22. The Bertz CT molecular complexity index is 547. The number of amides is 2. The summed E-state index contributed by atoms with van der Waals surface area (Å²) in [6.45, 7) is 1.69. The first-order valence-corrected chi connectivity index (χ1v) is 7.65. The van der Waals surface area contributed by atoms with Gasteiger partial charge in [-0.2, -0.15) is 13.2 Å². The van der Waals surface area contributed by atoms with Gasteiger partial charge in [0.15, 0.2) is 0 Å². The van der Waals surface area contributed by atoms with Crippen molar-refractivity contribution in [2.24, 2.45) is 5.92 Å². The van der Waals surface area contributed by atoms with Crippen molar-refractivity contribution in [2.75, 3.05) is 0 Å². The van der Waals surface area contributed by atoms with Crippen molar-refractivity contribution in [1.82, 2.24) is 10.6 Å². The van der Waals surface area contributed by atoms with E-state index in [1.807, 2.05) is 0 Å². The Morgan fingerprint density at radius 3 is 2.70 bits per heavy atom. The largest absolute Gasteiger partial charge is 0.391 e. The summed E-state index contributed by atoms with van der Waals surface area (Å²) in [6.07, 6.45) is -3.22. The van der Waals surface area contributed by atoms with Crippen LogP contribution < -0.4 is 10.6 Å². The molecule has 2 rings (SSSR count). The summed E-state index contributed by atoms with van der Waals surface area (Å²) in [6, 6.07) is 4.36. The van der Waals surface area contributed by atoms with E-state index in [-0.39, 0.29) is 12.8 Å². The number of hydrogen-bond acceptors (Lipinski definition) is 1. The maximum atomic E-state index is 13.2. The molecule has 3 atom stereocenters. The molecular formula is C16H20F4N2O. The first-order chi connectivity index (χ1) is 10.8. The van der Waals surface area contributed by atoms with Gasteiger partial charge in [-0.15, -0.1) is 0 Å². The van der Waals surface area contributed by atoms with Crippen LogP contribution >= 0.6 is 0 Å². The average molecular weight is 332 g/mol. The number of nitrogens with one attached hydrogen (secondary N) is 2. The maximum Gasteiger partial charge on any atom is 0.391 e. The molecule has 1 aliphatic carbocycles. The molecule has 0 aromatic heterocycles. The Balaban J connectivity index is 1.87. The number of rotatable bonds is 3. The minimum Gasteiger partial charge on any atom is -0.335 e. The van der Waals surface area contributed by atoms with E-state index in [1.54, 1.807) is 13.0 Å². The van der Waals surface area contributed by atoms with E-state index in [2.05, 4.69) is 10.6 Å². The summed E-state index contributed by atoms with van der Waals surface area (Å²) in [5, 5.41) is 5.22. The molecule has 0 aliphatic heterocycles. The molecule has 2 N–H and O–H groups in total. The fourth-order valence-electron chi connectivity index (χ4n) is 2.90. The smallest absolute Gasteiger partial charge is 0.335 e. The zero-order chi connectivity index (χ0) is 17.0. The van der Waals surface area contributed by atoms with E-state index in [1.165, 1.54) is 18.2 Å². The first kappa shape index (κ1) is 17.6. The quantitative estimate of drug-likeness (QED) is 0.796. The molecule has 0 spiro atoms. The van der Waals surface area contributed by atoms with Gasteiger partial charge in [-0.1, -0.05) is 18.6 Å². The standard InChI is InChI=1S/C16H20F4N2O/c1-10(11-4-2-6-13(17)8-11)21-15(23)22-14-7-3-5-12(9-14)16(18,19)20/h2,4,6,8,10,12,14H,3,5,7,9H2,1H3,(H2,21,22,23)/t10-,12-,14-/m0/s1. The van der Waals surface area contributed by atoms with Crippen LogP contribution in [0, 0.1) is 11.7 Å². The number of carbonyl (C=O) groups is 1. The summed E-state index contributed by atoms with van der Waals surface area (Å²) in [5.74, 6) is -1.76. The third-order valence-corrected chi connectivity index (χ3v) is 4.17. The van der Waals surface area contributed by atoms with Crippen LogP contribution in [-0.2, 0) is 0 Å². The van der Waals surface area contributed by atoms with Crippen LogP contribution in [0.3, 0.4) is 0 Å². The number of halogens is 4. The lowest BCUT2D eigenvalue weighted by molar-refractivity contribution is -0.183. The highest BCUT2D eigenvalue weighted by atomic mass is 19.4. The number of alkyl halides is 3. The highest BCUT2D eigenvalue weighted by Gasteiger charge is 2.42. The van der Waals surface area contributed by atoms with Crippen molar-refractivity contribution in [1.29, 1.82) is 0 Å². The SMILES string of the molecule is C[C@H](NC(=O)N[C@H]1CCC[C@H](C(F)(F)F)C1)c1cccc(F)c1. The van der Waals surface area contributed by atoms with Gasteiger partial charge in [0.25, 0.3) is 0 Å². The van der Waals surface area contributed by atoms with Gasteiger partial charge in [0.1, 0.15) is 5.82 Å². The topological polar surface area (TPSA) is 41.1 Å². The lowest BCUT2D eigenvalue weighted by Crippen LogP contribution is -2.46. The second-order valence-corrected chi connectivity index (χ2v) is 6.00. The van der Waals surface area contributed by atoms with Crippen LogP contribution in [0.2, 0.25) is 0 Å². The lowest BCUT2D eigenvalue weighted by Gasteiger charge is -2.31. The summed E-state index contributed by atoms with van der Waals surface area (Å²) < 4.78 is 51.4. The molecule has 23 heavy (non-hydrogen) atoms. The van der Waals surface area contributed by atoms with Gasteiger partial charge < -0.3 is 10.6 Å². The van der Waals surface area contributed by atoms with Crippen molar-refractivity contribution < 1.29 is 22.4 Å². The van der Waals surface area contributed by atoms with Crippen molar-refractivity contribution in [3.63, 3.8) is 0 Å². The molecule has 0 bridgehead atoms. The molecule has 0 unspecified atom stereocenters. The van der Waals surface area contributed by atoms with Crippen LogP contribution in [-0.4, -0.2) is 18.2 Å². The van der Waals surface area contributed by atoms with E-state index in [0.29, 0.717) is 18.4 Å². The summed E-state index contributed by atoms with van der Waals surface area (Å²) in [4.78, 5) is 11.9. The number of urea groups is 1. The Hall–Kier alpha value is -1.79. The normalized spacial score (nSPS) is 23.2. The Morgan fingerprint density at radius 2 is 2.04 bits per heavy atom. The summed E-state index contributed by atoms with van der Waals surface area (Å²) in [5.41, 5.74) is 0.594. The predicted octanol–water partition coefficient (Wildman–Crippen LogP) is 4.31. The lowest BCUT2D eigenvalue weighted by atomic mass is 9.85. The summed E-state index contributed by atoms with van der Waals surface area (Å²) >= 11 is 0. The van der Waals surface area contributed by atoms with Gasteiger partial charge in [0.05, 0.1) is 12.0 Å². The van der Waals surface area contributed by atoms with Crippen LogP contribution in [0.25, 0.3) is 0 Å². The van der Waals surface area contributed by atoms with Crippen LogP contribution in [0.1, 0.15) is 44.2 Å². The minimum absolute atomic E-state index is 0.0920. The number of benzene rings is 1. The highest BCUT2D eigenvalue weighted by Crippen LogP contribution is 2.37. The molecule has 128 valence electrons. The van der Waals surface area contributed by atoms with Crippen LogP contribution in [0.15, 0.2) is 24.3 Å². The van der Waals surface area contributed by atoms with Crippen LogP contribution in [0.4, 0.5) is 22.4 Å². The van der Waals surface area contributed by atoms with E-state index in [9.17, 15) is 22.4 Å². The van der Waals surface area contributed by atoms with Crippen molar-refractivity contribution in [3.05, 3.63) is 35.6 Å². The van der Waals surface area contributed by atoms with E-state index >= 15 is 0 Å². The number of hydrogen-bond donors (Lipinski definition) is 2. The summed E-state index contributed by atoms with van der Waals surface area (Å²) in [7, 11) is 0. The molecule has 0 radical (unpaired) electrons. The Kier molecular flexibility index (Phi) is 5.49. The average Bonchev–Trinajstić information content (AvgIpc) is 2.46. The van der Waals surface area contributed by atoms with E-state index in [4.69, 9.17) is 0 Å². The van der Waals surface area contributed by atoms with E-state index in [0.717, 1.165) is 0 Å². The molecule has 0 saturated heterocycles. The fraction of sp³-hybridized carbons (Fsp3) is 0.562. The second-order valence-electron chi connectivity index (χ2n) is 6.00. The first-order valence-electron chi connectivity index (χ1n) is 7.65. The molecular weight excluding hydrogens is 312 g/mol. The van der Waals surface area contributed by atoms with Gasteiger partial charge in [-0.25, -0.2) is 9.18 Å². The zero-order valence-corrected chi connectivity index (χ0v) is 12.8. The third kappa shape index (κ3) is 5.11. The van der Waals surface area contributed by atoms with Gasteiger partial charge in [-0.3, -0.25) is 0 Å². The van der Waals surface area contributed by atoms with Crippen molar-refractivity contribution >= 4 is 6.03 Å². The Morgan fingerprint density at radius 1 is 1.30 bits per heavy atom. The molecule has 0 heterocycles. The molecule has 1 aliphatic rings. The fourth-order valence-corrected chi connectivity index (χ4v) is 2.90. The monoisotopic (exact) mass is 332 g/mol.